The second-order valence-electron chi connectivity index (χ2n) is 18.8. The summed E-state index contributed by atoms with van der Waals surface area (Å²) in [5.74, 6) is -19.2. The third-order valence-electron chi connectivity index (χ3n) is 11.6. The fourth-order valence-corrected chi connectivity index (χ4v) is 8.28. The van der Waals surface area contributed by atoms with Crippen molar-refractivity contribution in [3.8, 4) is 0 Å². The minimum atomic E-state index is -2.07. The second-order valence-corrected chi connectivity index (χ2v) is 18.8. The fourth-order valence-electron chi connectivity index (χ4n) is 8.28. The zero-order valence-electron chi connectivity index (χ0n) is 62.0. The zero-order valence-corrected chi connectivity index (χ0v) is 65.2. The topological polar surface area (TPSA) is 316 Å². The van der Waals surface area contributed by atoms with Crippen LogP contribution in [0.4, 0.5) is 0 Å². The van der Waals surface area contributed by atoms with E-state index in [0.29, 0.717) is 0 Å². The van der Waals surface area contributed by atoms with Crippen LogP contribution in [0.5, 0.6) is 0 Å². The third kappa shape index (κ3) is 28.7. The number of rotatable bonds is 50. The van der Waals surface area contributed by atoms with E-state index in [0.717, 1.165) is 0 Å². The molecule has 0 N–H and O–H groups in total. The predicted octanol–water partition coefficient (Wildman–Crippen LogP) is 1.81. The van der Waals surface area contributed by atoms with Gasteiger partial charge in [-0.25, -0.2) is 0 Å². The Morgan fingerprint density at radius 3 is 0.275 bits per heavy atom. The van der Waals surface area contributed by atoms with E-state index in [1.165, 1.54) is 24.5 Å². The molecule has 0 aromatic heterocycles. The van der Waals surface area contributed by atoms with Crippen LogP contribution in [-0.2, 0) is 117 Å². The van der Waals surface area contributed by atoms with Gasteiger partial charge >= 0.3 is 52.2 Å². The molecule has 550 valence electrons. The SMILES string of the molecule is CCOC(OCC)(OCC)C([O-])(OCC)N(C)C.CCOC(OCC)(OCC)C([O-])(OCC)N(C)C.CCOC(OCC)(OCC)C([O-])(OCC)N(C)C.CCOC(OCC)(OCC)C([O-])(OCC)N(C)C.CCOC(OCC)(OCC)C([O-])(OCC)N(C)C.[Ta+5]. The van der Waals surface area contributed by atoms with Crippen molar-refractivity contribution in [2.24, 2.45) is 0 Å². The van der Waals surface area contributed by atoms with E-state index < -0.39 is 59.4 Å². The predicted molar refractivity (Wildman–Crippen MR) is 328 cm³/mol. The van der Waals surface area contributed by atoms with Gasteiger partial charge in [-0.15, -0.1) is 0 Å². The number of hydrogen-bond acceptors (Lipinski definition) is 30. The van der Waals surface area contributed by atoms with Crippen LogP contribution in [0.15, 0.2) is 0 Å². The minimum Gasteiger partial charge on any atom is -0.810 e. The number of hydrogen-bond donors (Lipinski definition) is 0. The van der Waals surface area contributed by atoms with Crippen molar-refractivity contribution in [2.45, 2.75) is 198 Å². The van der Waals surface area contributed by atoms with Gasteiger partial charge in [0.15, 0.2) is 0 Å². The average Bonchev–Trinajstić information content (AvgIpc) is 0.975. The van der Waals surface area contributed by atoms with Gasteiger partial charge in [0.2, 0.25) is 0 Å². The molecule has 0 amide bonds. The van der Waals surface area contributed by atoms with Crippen molar-refractivity contribution in [1.29, 1.82) is 0 Å². The Labute approximate surface area is 565 Å². The largest absolute Gasteiger partial charge is 5.00 e. The van der Waals surface area contributed by atoms with E-state index in [9.17, 15) is 25.5 Å². The van der Waals surface area contributed by atoms with Gasteiger partial charge in [0.05, 0.1) is 0 Å². The molecule has 0 aromatic carbocycles. The molecule has 0 radical (unpaired) electrons. The van der Waals surface area contributed by atoms with E-state index >= 15 is 0 Å². The first-order chi connectivity index (χ1) is 42.2. The quantitative estimate of drug-likeness (QED) is 0.0784. The summed E-state index contributed by atoms with van der Waals surface area (Å²) in [5.41, 5.74) is 0. The van der Waals surface area contributed by atoms with Crippen molar-refractivity contribution in [2.75, 3.05) is 203 Å². The van der Waals surface area contributed by atoms with Crippen LogP contribution in [0.2, 0.25) is 0 Å². The third-order valence-corrected chi connectivity index (χ3v) is 11.6. The molecule has 0 aliphatic rings. The first kappa shape index (κ1) is 102. The number of likely N-dealkylation sites (N-methyl/N-ethyl adjacent to an activating group) is 5. The molecule has 0 saturated heterocycles. The minimum absolute atomic E-state index is 0. The van der Waals surface area contributed by atoms with Gasteiger partial charge < -0.3 is 120 Å². The molecular formula is C60H130N5O25Ta. The standard InChI is InChI=1S/5C12H26NO5.Ta/c5*1-7-15-11(14,13(5)6)12(16-8-2,17-9-3)18-10-4;/h5*7-10H2,1-6H3;/q5*-1;+5. The molecule has 0 spiro atoms. The Bertz CT molecular complexity index is 1310. The number of nitrogens with zero attached hydrogens (tertiary/aromatic N) is 5. The maximum absolute atomic E-state index is 12.9. The molecule has 91 heavy (non-hydrogen) atoms. The van der Waals surface area contributed by atoms with Gasteiger partial charge in [-0.3, -0.25) is 24.5 Å². The summed E-state index contributed by atoms with van der Waals surface area (Å²) in [4.78, 5) is 6.79. The Morgan fingerprint density at radius 2 is 0.231 bits per heavy atom. The Kier molecular flexibility index (Phi) is 59.7. The van der Waals surface area contributed by atoms with Gasteiger partial charge in [0.25, 0.3) is 0 Å². The van der Waals surface area contributed by atoms with Crippen LogP contribution in [0.1, 0.15) is 138 Å². The van der Waals surface area contributed by atoms with Crippen LogP contribution in [-0.4, -0.2) is 287 Å². The number of ether oxygens (including phenoxy) is 20. The average molecular weight is 1500 g/mol. The van der Waals surface area contributed by atoms with Crippen LogP contribution < -0.4 is 25.5 Å². The molecule has 0 fully saturated rings. The van der Waals surface area contributed by atoms with Crippen LogP contribution in [0.3, 0.4) is 0 Å². The van der Waals surface area contributed by atoms with Crippen LogP contribution in [0, 0.1) is 0 Å². The Balaban J connectivity index is -0.000000247. The van der Waals surface area contributed by atoms with E-state index in [4.69, 9.17) is 94.7 Å². The van der Waals surface area contributed by atoms with Crippen LogP contribution in [0.25, 0.3) is 0 Å². The molecule has 5 atom stereocenters. The van der Waals surface area contributed by atoms with Gasteiger partial charge in [0.1, 0.15) is 29.6 Å². The van der Waals surface area contributed by atoms with Gasteiger partial charge in [0, 0.05) is 132 Å². The van der Waals surface area contributed by atoms with E-state index in [1.807, 2.05) is 0 Å². The van der Waals surface area contributed by atoms with Crippen molar-refractivity contribution in [3.63, 3.8) is 0 Å². The molecule has 0 bridgehead atoms. The maximum Gasteiger partial charge on any atom is 5.00 e. The van der Waals surface area contributed by atoms with Gasteiger partial charge in [-0.2, -0.15) is 0 Å². The van der Waals surface area contributed by atoms with Crippen molar-refractivity contribution >= 4 is 0 Å². The summed E-state index contributed by atoms with van der Waals surface area (Å²) in [7, 11) is 16.1. The zero-order chi connectivity index (χ0) is 71.2. The normalized spacial score (nSPS) is 15.8. The second kappa shape index (κ2) is 53.5. The summed E-state index contributed by atoms with van der Waals surface area (Å²) in [6.45, 7) is 40.7. The summed E-state index contributed by atoms with van der Waals surface area (Å²) < 4.78 is 109. The monoisotopic (exact) mass is 1500 g/mol. The molecule has 0 saturated carbocycles. The molecule has 31 heteroatoms. The molecule has 0 aliphatic carbocycles. The molecule has 0 aliphatic heterocycles. The van der Waals surface area contributed by atoms with Gasteiger partial charge in [-0.1, -0.05) is 0 Å². The first-order valence-electron chi connectivity index (χ1n) is 31.9. The van der Waals surface area contributed by atoms with E-state index in [1.54, 1.807) is 209 Å². The summed E-state index contributed by atoms with van der Waals surface area (Å²) in [5, 5.41) is 64.6. The van der Waals surface area contributed by atoms with Crippen molar-refractivity contribution < 1.29 is 143 Å². The fraction of sp³-hybridized carbons (Fsp3) is 1.00. The molecule has 5 unspecified atom stereocenters. The summed E-state index contributed by atoms with van der Waals surface area (Å²) in [6, 6.07) is 0. The van der Waals surface area contributed by atoms with Crippen molar-refractivity contribution in [1.82, 2.24) is 24.5 Å². The van der Waals surface area contributed by atoms with E-state index in [2.05, 4.69) is 0 Å². The van der Waals surface area contributed by atoms with Crippen molar-refractivity contribution in [3.05, 3.63) is 0 Å². The Morgan fingerprint density at radius 1 is 0.165 bits per heavy atom. The smallest absolute Gasteiger partial charge is 0.810 e. The molecule has 30 nitrogen and oxygen atoms in total. The maximum atomic E-state index is 12.9. The Hall–Kier alpha value is -0.460. The van der Waals surface area contributed by atoms with E-state index in [-0.39, 0.29) is 155 Å². The van der Waals surface area contributed by atoms with Crippen LogP contribution >= 0.6 is 0 Å². The molecule has 0 rings (SSSR count). The first-order valence-corrected chi connectivity index (χ1v) is 31.9. The molecular weight excluding hydrogens is 1370 g/mol. The molecule has 0 heterocycles. The summed E-state index contributed by atoms with van der Waals surface area (Å²) >= 11 is 0. The summed E-state index contributed by atoms with van der Waals surface area (Å²) in [6.07, 6.45) is 0. The molecule has 0 aromatic rings. The van der Waals surface area contributed by atoms with Gasteiger partial charge in [-0.05, 0) is 209 Å².